The van der Waals surface area contributed by atoms with Gasteiger partial charge in [0.2, 0.25) is 5.88 Å². The zero-order chi connectivity index (χ0) is 19.7. The third-order valence-electron chi connectivity index (χ3n) is 4.35. The highest BCUT2D eigenvalue weighted by Crippen LogP contribution is 2.44. The fourth-order valence-electron chi connectivity index (χ4n) is 3.06. The first kappa shape index (κ1) is 17.4. The molecule has 1 atom stereocenters. The summed E-state index contributed by atoms with van der Waals surface area (Å²) < 4.78 is 24.3. The molecule has 0 fully saturated rings. The van der Waals surface area contributed by atoms with Crippen molar-refractivity contribution in [2.75, 3.05) is 0 Å². The Bertz CT molecular complexity index is 1140. The average molecular weight is 375 g/mol. The van der Waals surface area contributed by atoms with E-state index in [4.69, 9.17) is 14.9 Å². The summed E-state index contributed by atoms with van der Waals surface area (Å²) in [6, 6.07) is 14.3. The van der Waals surface area contributed by atoms with Gasteiger partial charge in [-0.05, 0) is 36.4 Å². The number of hydrogen-bond donors (Lipinski definition) is 2. The zero-order valence-electron chi connectivity index (χ0n) is 14.5. The van der Waals surface area contributed by atoms with Crippen LogP contribution < -0.4 is 10.5 Å². The van der Waals surface area contributed by atoms with Gasteiger partial charge in [0.25, 0.3) is 0 Å². The molecule has 28 heavy (non-hydrogen) atoms. The SMILES string of the molecule is N#CC1=C(N)Oc2cc(O)c(C=Nc3cccc(F)c3)cc2[C@H]1c1ccco1. The van der Waals surface area contributed by atoms with Crippen LogP contribution in [0.5, 0.6) is 11.5 Å². The maximum atomic E-state index is 13.3. The van der Waals surface area contributed by atoms with Gasteiger partial charge in [-0.2, -0.15) is 5.26 Å². The lowest BCUT2D eigenvalue weighted by Gasteiger charge is -2.25. The number of hydrogen-bond acceptors (Lipinski definition) is 6. The Morgan fingerprint density at radius 1 is 1.21 bits per heavy atom. The van der Waals surface area contributed by atoms with Crippen LogP contribution in [0.2, 0.25) is 0 Å². The molecule has 3 N–H and O–H groups in total. The summed E-state index contributed by atoms with van der Waals surface area (Å²) >= 11 is 0. The molecule has 3 aromatic rings. The van der Waals surface area contributed by atoms with Gasteiger partial charge in [-0.25, -0.2) is 4.39 Å². The summed E-state index contributed by atoms with van der Waals surface area (Å²) in [5.41, 5.74) is 7.47. The first-order chi connectivity index (χ1) is 13.6. The van der Waals surface area contributed by atoms with Crippen molar-refractivity contribution in [2.45, 2.75) is 5.92 Å². The highest BCUT2D eigenvalue weighted by atomic mass is 19.1. The minimum atomic E-state index is -0.578. The number of allylic oxidation sites excluding steroid dienone is 1. The first-order valence-electron chi connectivity index (χ1n) is 8.34. The largest absolute Gasteiger partial charge is 0.507 e. The van der Waals surface area contributed by atoms with Crippen molar-refractivity contribution in [3.63, 3.8) is 0 Å². The van der Waals surface area contributed by atoms with E-state index in [-0.39, 0.29) is 17.2 Å². The van der Waals surface area contributed by atoms with Crippen molar-refractivity contribution >= 4 is 11.9 Å². The predicted octanol–water partition coefficient (Wildman–Crippen LogP) is 4.09. The maximum absolute atomic E-state index is 13.3. The van der Waals surface area contributed by atoms with Crippen LogP contribution in [-0.4, -0.2) is 11.3 Å². The molecule has 0 unspecified atom stereocenters. The third kappa shape index (κ3) is 3.08. The number of nitriles is 1. The molecular formula is C21H14FN3O3. The highest BCUT2D eigenvalue weighted by molar-refractivity contribution is 5.86. The van der Waals surface area contributed by atoms with E-state index in [1.165, 1.54) is 30.7 Å². The molecule has 1 aliphatic rings. The third-order valence-corrected chi connectivity index (χ3v) is 4.35. The Morgan fingerprint density at radius 3 is 2.79 bits per heavy atom. The number of nitrogens with two attached hydrogens (primary N) is 1. The molecule has 138 valence electrons. The number of halogens is 1. The number of ether oxygens (including phenoxy) is 1. The number of fused-ring (bicyclic) bond motifs is 1. The van der Waals surface area contributed by atoms with Crippen molar-refractivity contribution in [3.8, 4) is 17.6 Å². The number of phenolic OH excluding ortho intramolecular Hbond substituents is 1. The van der Waals surface area contributed by atoms with E-state index in [9.17, 15) is 14.8 Å². The summed E-state index contributed by atoms with van der Waals surface area (Å²) in [6.45, 7) is 0. The van der Waals surface area contributed by atoms with Crippen LogP contribution in [0.3, 0.4) is 0 Å². The topological polar surface area (TPSA) is 105 Å². The molecular weight excluding hydrogens is 361 g/mol. The number of phenols is 1. The number of aliphatic imine (C=N–C) groups is 1. The summed E-state index contributed by atoms with van der Waals surface area (Å²) in [6.07, 6.45) is 2.92. The number of furan rings is 1. The lowest BCUT2D eigenvalue weighted by atomic mass is 9.86. The van der Waals surface area contributed by atoms with E-state index in [1.807, 2.05) is 0 Å². The predicted molar refractivity (Wildman–Crippen MR) is 99.8 cm³/mol. The maximum Gasteiger partial charge on any atom is 0.205 e. The van der Waals surface area contributed by atoms with E-state index >= 15 is 0 Å². The number of nitrogens with zero attached hydrogens (tertiary/aromatic N) is 2. The van der Waals surface area contributed by atoms with E-state index < -0.39 is 11.7 Å². The highest BCUT2D eigenvalue weighted by Gasteiger charge is 2.33. The minimum Gasteiger partial charge on any atom is -0.507 e. The summed E-state index contributed by atoms with van der Waals surface area (Å²) in [5, 5.41) is 19.9. The van der Waals surface area contributed by atoms with Crippen molar-refractivity contribution in [3.05, 3.63) is 89.0 Å². The number of aromatic hydroxyl groups is 1. The number of benzene rings is 2. The second-order valence-electron chi connectivity index (χ2n) is 6.13. The Morgan fingerprint density at radius 2 is 2.07 bits per heavy atom. The van der Waals surface area contributed by atoms with Crippen LogP contribution in [0, 0.1) is 17.1 Å². The van der Waals surface area contributed by atoms with Crippen LogP contribution >= 0.6 is 0 Å². The molecule has 0 aliphatic carbocycles. The average Bonchev–Trinajstić information content (AvgIpc) is 3.20. The molecule has 7 heteroatoms. The van der Waals surface area contributed by atoms with Gasteiger partial charge in [0.15, 0.2) is 0 Å². The Hall–Kier alpha value is -4.05. The first-order valence-corrected chi connectivity index (χ1v) is 8.34. The number of rotatable bonds is 3. The molecule has 0 amide bonds. The van der Waals surface area contributed by atoms with E-state index in [2.05, 4.69) is 11.1 Å². The Kier molecular flexibility index (Phi) is 4.30. The molecule has 0 spiro atoms. The molecule has 0 saturated heterocycles. The summed E-state index contributed by atoms with van der Waals surface area (Å²) in [5.74, 6) is -0.288. The van der Waals surface area contributed by atoms with Gasteiger partial charge in [0.1, 0.15) is 34.7 Å². The van der Waals surface area contributed by atoms with Crippen LogP contribution in [0.1, 0.15) is 22.8 Å². The molecule has 0 radical (unpaired) electrons. The van der Waals surface area contributed by atoms with E-state index in [0.29, 0.717) is 28.3 Å². The molecule has 4 rings (SSSR count). The van der Waals surface area contributed by atoms with E-state index in [0.717, 1.165) is 0 Å². The van der Waals surface area contributed by atoms with Crippen molar-refractivity contribution in [1.29, 1.82) is 5.26 Å². The van der Waals surface area contributed by atoms with Gasteiger partial charge in [-0.15, -0.1) is 0 Å². The van der Waals surface area contributed by atoms with Gasteiger partial charge in [0.05, 0.1) is 17.9 Å². The Balaban J connectivity index is 1.80. The molecule has 1 aromatic heterocycles. The fourth-order valence-corrected chi connectivity index (χ4v) is 3.06. The second kappa shape index (κ2) is 6.93. The smallest absolute Gasteiger partial charge is 0.205 e. The fraction of sp³-hybridized carbons (Fsp3) is 0.0476. The lowest BCUT2D eigenvalue weighted by molar-refractivity contribution is 0.379. The van der Waals surface area contributed by atoms with Crippen LogP contribution in [-0.2, 0) is 0 Å². The van der Waals surface area contributed by atoms with Crippen molar-refractivity contribution in [2.24, 2.45) is 10.7 Å². The van der Waals surface area contributed by atoms with Gasteiger partial charge in [-0.3, -0.25) is 4.99 Å². The summed E-state index contributed by atoms with van der Waals surface area (Å²) in [4.78, 5) is 4.20. The monoisotopic (exact) mass is 375 g/mol. The van der Waals surface area contributed by atoms with Crippen molar-refractivity contribution < 1.29 is 18.7 Å². The summed E-state index contributed by atoms with van der Waals surface area (Å²) in [7, 11) is 0. The molecule has 6 nitrogen and oxygen atoms in total. The zero-order valence-corrected chi connectivity index (χ0v) is 14.5. The van der Waals surface area contributed by atoms with Crippen LogP contribution in [0.15, 0.2) is 75.7 Å². The molecule has 2 heterocycles. The minimum absolute atomic E-state index is 0.0445. The molecule has 1 aliphatic heterocycles. The lowest BCUT2D eigenvalue weighted by Crippen LogP contribution is -2.21. The van der Waals surface area contributed by atoms with E-state index in [1.54, 1.807) is 30.3 Å². The molecule has 0 bridgehead atoms. The standard InChI is InChI=1S/C21H14FN3O3/c22-13-3-1-4-14(8-13)25-11-12-7-15-19(9-17(12)26)28-21(24)16(10-23)20(15)18-5-2-6-27-18/h1-9,11,20,26H,24H2/t20-/m1/s1. The normalized spacial score (nSPS) is 15.9. The van der Waals surface area contributed by atoms with Crippen LogP contribution in [0.25, 0.3) is 0 Å². The van der Waals surface area contributed by atoms with Crippen LogP contribution in [0.4, 0.5) is 10.1 Å². The molecule has 2 aromatic carbocycles. The quantitative estimate of drug-likeness (QED) is 0.671. The van der Waals surface area contributed by atoms with Gasteiger partial charge in [0, 0.05) is 23.4 Å². The van der Waals surface area contributed by atoms with Gasteiger partial charge in [-0.1, -0.05) is 6.07 Å². The van der Waals surface area contributed by atoms with Gasteiger partial charge < -0.3 is 20.0 Å². The Labute approximate surface area is 159 Å². The second-order valence-corrected chi connectivity index (χ2v) is 6.13. The van der Waals surface area contributed by atoms with Gasteiger partial charge >= 0.3 is 0 Å². The van der Waals surface area contributed by atoms with Crippen molar-refractivity contribution in [1.82, 2.24) is 0 Å². The molecule has 0 saturated carbocycles.